The molecule has 0 aliphatic carbocycles. The van der Waals surface area contributed by atoms with E-state index in [1.807, 2.05) is 70.2 Å². The molecule has 28 heavy (non-hydrogen) atoms. The number of rotatable bonds is 7. The molecule has 0 aliphatic rings. The number of hydrogen-bond acceptors (Lipinski definition) is 5. The van der Waals surface area contributed by atoms with E-state index in [4.69, 9.17) is 9.26 Å². The zero-order chi connectivity index (χ0) is 20.1. The fourth-order valence-corrected chi connectivity index (χ4v) is 2.78. The van der Waals surface area contributed by atoms with Gasteiger partial charge in [0.05, 0.1) is 6.54 Å². The number of carbonyl (C=O) groups excluding carboxylic acids is 1. The monoisotopic (exact) mass is 379 g/mol. The van der Waals surface area contributed by atoms with Crippen molar-refractivity contribution in [2.45, 2.75) is 46.8 Å². The topological polar surface area (TPSA) is 77.2 Å². The van der Waals surface area contributed by atoms with Crippen molar-refractivity contribution in [1.29, 1.82) is 0 Å². The van der Waals surface area contributed by atoms with Gasteiger partial charge in [0, 0.05) is 5.56 Å². The molecule has 3 aromatic rings. The lowest BCUT2D eigenvalue weighted by atomic mass is 10.1. The van der Waals surface area contributed by atoms with E-state index in [0.717, 1.165) is 16.7 Å². The van der Waals surface area contributed by atoms with Crippen LogP contribution in [-0.4, -0.2) is 22.2 Å². The summed E-state index contributed by atoms with van der Waals surface area (Å²) in [5.74, 6) is 1.33. The van der Waals surface area contributed by atoms with E-state index in [-0.39, 0.29) is 12.5 Å². The maximum absolute atomic E-state index is 12.5. The van der Waals surface area contributed by atoms with Gasteiger partial charge in [0.2, 0.25) is 11.7 Å². The molecule has 0 radical (unpaired) electrons. The van der Waals surface area contributed by atoms with Gasteiger partial charge >= 0.3 is 0 Å². The number of carbonyl (C=O) groups is 1. The SMILES string of the molecule is CC[C@@H](Oc1ccc(C)c(C)c1)C(=O)NCc1nc(-c2cccc(C)c2)no1. The van der Waals surface area contributed by atoms with Gasteiger partial charge in [0.1, 0.15) is 5.75 Å². The number of aryl methyl sites for hydroxylation is 3. The third kappa shape index (κ3) is 4.76. The van der Waals surface area contributed by atoms with Crippen LogP contribution < -0.4 is 10.1 Å². The number of amides is 1. The van der Waals surface area contributed by atoms with Gasteiger partial charge < -0.3 is 14.6 Å². The molecule has 0 unspecified atom stereocenters. The highest BCUT2D eigenvalue weighted by Crippen LogP contribution is 2.19. The Labute approximate surface area is 164 Å². The molecule has 1 N–H and O–H groups in total. The van der Waals surface area contributed by atoms with Crippen LogP contribution in [0.4, 0.5) is 0 Å². The Hall–Kier alpha value is -3.15. The number of benzene rings is 2. The first-order valence-electron chi connectivity index (χ1n) is 9.37. The Bertz CT molecular complexity index is 965. The van der Waals surface area contributed by atoms with Gasteiger partial charge in [-0.15, -0.1) is 0 Å². The lowest BCUT2D eigenvalue weighted by Gasteiger charge is -2.17. The molecule has 6 nitrogen and oxygen atoms in total. The molecule has 0 bridgehead atoms. The van der Waals surface area contributed by atoms with Crippen LogP contribution in [0.15, 0.2) is 47.0 Å². The molecular weight excluding hydrogens is 354 g/mol. The summed E-state index contributed by atoms with van der Waals surface area (Å²) in [7, 11) is 0. The van der Waals surface area contributed by atoms with E-state index >= 15 is 0 Å². The zero-order valence-corrected chi connectivity index (χ0v) is 16.7. The largest absolute Gasteiger partial charge is 0.481 e. The second-order valence-electron chi connectivity index (χ2n) is 6.86. The minimum absolute atomic E-state index is 0.157. The molecule has 0 aliphatic heterocycles. The summed E-state index contributed by atoms with van der Waals surface area (Å²) in [5, 5.41) is 6.80. The van der Waals surface area contributed by atoms with Gasteiger partial charge in [0.25, 0.3) is 5.91 Å². The van der Waals surface area contributed by atoms with Crippen LogP contribution in [0.5, 0.6) is 5.75 Å². The van der Waals surface area contributed by atoms with Crippen molar-refractivity contribution in [1.82, 2.24) is 15.5 Å². The van der Waals surface area contributed by atoms with Gasteiger partial charge in [-0.1, -0.05) is 41.9 Å². The Balaban J connectivity index is 1.60. The molecule has 0 saturated carbocycles. The normalized spacial score (nSPS) is 11.9. The molecule has 0 saturated heterocycles. The van der Waals surface area contributed by atoms with E-state index in [1.54, 1.807) is 0 Å². The van der Waals surface area contributed by atoms with Crippen molar-refractivity contribution in [2.75, 3.05) is 0 Å². The second-order valence-corrected chi connectivity index (χ2v) is 6.86. The molecule has 1 atom stereocenters. The van der Waals surface area contributed by atoms with Crippen molar-refractivity contribution in [3.63, 3.8) is 0 Å². The molecule has 1 amide bonds. The lowest BCUT2D eigenvalue weighted by Crippen LogP contribution is -2.37. The summed E-state index contributed by atoms with van der Waals surface area (Å²) in [6.45, 7) is 8.13. The molecule has 0 fully saturated rings. The lowest BCUT2D eigenvalue weighted by molar-refractivity contribution is -0.128. The molecule has 146 valence electrons. The van der Waals surface area contributed by atoms with Crippen LogP contribution in [0, 0.1) is 20.8 Å². The number of ether oxygens (including phenoxy) is 1. The quantitative estimate of drug-likeness (QED) is 0.668. The second kappa shape index (κ2) is 8.69. The summed E-state index contributed by atoms with van der Waals surface area (Å²) in [5.41, 5.74) is 4.31. The van der Waals surface area contributed by atoms with Crippen molar-refractivity contribution in [3.8, 4) is 17.1 Å². The molecular formula is C22H25N3O3. The molecule has 1 heterocycles. The highest BCUT2D eigenvalue weighted by molar-refractivity contribution is 5.81. The van der Waals surface area contributed by atoms with Crippen molar-refractivity contribution < 1.29 is 14.1 Å². The summed E-state index contributed by atoms with van der Waals surface area (Å²) < 4.78 is 11.1. The first kappa shape index (κ1) is 19.6. The maximum Gasteiger partial charge on any atom is 0.261 e. The van der Waals surface area contributed by atoms with Crippen LogP contribution in [0.3, 0.4) is 0 Å². The van der Waals surface area contributed by atoms with Gasteiger partial charge in [-0.3, -0.25) is 4.79 Å². The van der Waals surface area contributed by atoms with Gasteiger partial charge in [0.15, 0.2) is 6.10 Å². The maximum atomic E-state index is 12.5. The van der Waals surface area contributed by atoms with E-state index < -0.39 is 6.10 Å². The average Bonchev–Trinajstić information content (AvgIpc) is 3.16. The van der Waals surface area contributed by atoms with Crippen molar-refractivity contribution in [2.24, 2.45) is 0 Å². The third-order valence-electron chi connectivity index (χ3n) is 4.58. The average molecular weight is 379 g/mol. The summed E-state index contributed by atoms with van der Waals surface area (Å²) in [4.78, 5) is 16.9. The summed E-state index contributed by atoms with van der Waals surface area (Å²) in [6.07, 6.45) is -0.0294. The summed E-state index contributed by atoms with van der Waals surface area (Å²) in [6, 6.07) is 13.7. The van der Waals surface area contributed by atoms with Crippen LogP contribution in [0.25, 0.3) is 11.4 Å². The predicted octanol–water partition coefficient (Wildman–Crippen LogP) is 4.14. The highest BCUT2D eigenvalue weighted by Gasteiger charge is 2.19. The first-order valence-corrected chi connectivity index (χ1v) is 9.37. The zero-order valence-electron chi connectivity index (χ0n) is 16.7. The Morgan fingerprint density at radius 1 is 1.14 bits per heavy atom. The molecule has 0 spiro atoms. The summed E-state index contributed by atoms with van der Waals surface area (Å²) >= 11 is 0. The van der Waals surface area contributed by atoms with E-state index in [0.29, 0.717) is 23.9 Å². The molecule has 2 aromatic carbocycles. The van der Waals surface area contributed by atoms with E-state index in [1.165, 1.54) is 5.56 Å². The first-order chi connectivity index (χ1) is 13.5. The molecule has 3 rings (SSSR count). The number of nitrogens with one attached hydrogen (secondary N) is 1. The third-order valence-corrected chi connectivity index (χ3v) is 4.58. The Morgan fingerprint density at radius 3 is 2.68 bits per heavy atom. The Kier molecular flexibility index (Phi) is 6.09. The fourth-order valence-electron chi connectivity index (χ4n) is 2.78. The van der Waals surface area contributed by atoms with Crippen LogP contribution in [0.2, 0.25) is 0 Å². The Morgan fingerprint density at radius 2 is 1.96 bits per heavy atom. The molecule has 1 aromatic heterocycles. The van der Waals surface area contributed by atoms with Crippen LogP contribution >= 0.6 is 0 Å². The standard InChI is InChI=1S/C22H25N3O3/c1-5-19(27-18-10-9-15(3)16(4)12-18)22(26)23-13-20-24-21(25-28-20)17-8-6-7-14(2)11-17/h6-12,19H,5,13H2,1-4H3,(H,23,26)/t19-/m1/s1. The number of nitrogens with zero attached hydrogens (tertiary/aromatic N) is 2. The minimum atomic E-state index is -0.582. The van der Waals surface area contributed by atoms with Gasteiger partial charge in [-0.2, -0.15) is 4.98 Å². The van der Waals surface area contributed by atoms with Crippen molar-refractivity contribution in [3.05, 3.63) is 65.0 Å². The van der Waals surface area contributed by atoms with E-state index in [2.05, 4.69) is 15.5 Å². The highest BCUT2D eigenvalue weighted by atomic mass is 16.5. The van der Waals surface area contributed by atoms with Gasteiger partial charge in [-0.25, -0.2) is 0 Å². The number of hydrogen-bond donors (Lipinski definition) is 1. The number of aromatic nitrogens is 2. The molecule has 6 heteroatoms. The van der Waals surface area contributed by atoms with E-state index in [9.17, 15) is 4.79 Å². The van der Waals surface area contributed by atoms with Crippen molar-refractivity contribution >= 4 is 5.91 Å². The van der Waals surface area contributed by atoms with Crippen LogP contribution in [-0.2, 0) is 11.3 Å². The fraction of sp³-hybridized carbons (Fsp3) is 0.318. The minimum Gasteiger partial charge on any atom is -0.481 e. The smallest absolute Gasteiger partial charge is 0.261 e. The van der Waals surface area contributed by atoms with Gasteiger partial charge in [-0.05, 0) is 56.5 Å². The predicted molar refractivity (Wildman–Crippen MR) is 107 cm³/mol. The van der Waals surface area contributed by atoms with Crippen LogP contribution in [0.1, 0.15) is 35.9 Å².